The Balaban J connectivity index is 0. The van der Waals surface area contributed by atoms with Gasteiger partial charge in [0.05, 0.1) is 0 Å². The maximum Gasteiger partial charge on any atom is 2.00 e. The fourth-order valence-electron chi connectivity index (χ4n) is 0. The van der Waals surface area contributed by atoms with Crippen molar-refractivity contribution >= 4 is 27.3 Å². The molecular weight excluding hydrogens is 302 g/mol. The van der Waals surface area contributed by atoms with Crippen LogP contribution in [-0.4, -0.2) is 27.3 Å². The largest absolute Gasteiger partial charge is 2.00 e. The van der Waals surface area contributed by atoms with Gasteiger partial charge in [0.1, 0.15) is 0 Å². The summed E-state index contributed by atoms with van der Waals surface area (Å²) in [6, 6.07) is 0. The van der Waals surface area contributed by atoms with Crippen LogP contribution in [0.25, 0.3) is 0 Å². The Morgan fingerprint density at radius 1 is 0.600 bits per heavy atom. The van der Waals surface area contributed by atoms with Crippen LogP contribution in [0, 0.1) is 0 Å². The Bertz CT molecular complexity index is 7.61. The summed E-state index contributed by atoms with van der Waals surface area (Å²) in [6.07, 6.45) is 0. The van der Waals surface area contributed by atoms with Gasteiger partial charge in [-0.2, -0.15) is 0 Å². The predicted octanol–water partition coefficient (Wildman–Crippen LogP) is -5.10. The zero-order valence-electron chi connectivity index (χ0n) is 1.26. The smallest absolute Gasteiger partial charge is 1.00 e. The fraction of sp³-hybridized carbons (Fsp3) is 1.00. The molecule has 5 heavy (non-hydrogen) atoms. The molecule has 0 aromatic carbocycles. The van der Waals surface area contributed by atoms with Gasteiger partial charge in [-0.25, -0.2) is 0 Å². The molecule has 34 valence electrons. The van der Waals surface area contributed by atoms with Crippen LogP contribution in [0.5, 0.6) is 0 Å². The maximum atomic E-state index is 0. The molecule has 3 heteroatoms. The summed E-state index contributed by atoms with van der Waals surface area (Å²) in [5.41, 5.74) is 0. The average molecular weight is 310 g/mol. The Hall–Kier alpha value is 1.50. The van der Waals surface area contributed by atoms with E-state index in [2.05, 4.69) is 0 Å². The molecule has 0 saturated carbocycles. The number of halogens is 2. The van der Waals surface area contributed by atoms with Crippen molar-refractivity contribution in [3.63, 3.8) is 0 Å². The maximum absolute atomic E-state index is 0. The molecule has 0 aliphatic heterocycles. The van der Waals surface area contributed by atoms with Crippen LogP contribution in [0.15, 0.2) is 0 Å². The Kier molecular flexibility index (Phi) is 862. The number of hydrogen-bond acceptors (Lipinski definition) is 0. The van der Waals surface area contributed by atoms with Gasteiger partial charge in [-0.15, -0.1) is 0 Å². The van der Waals surface area contributed by atoms with E-state index in [-0.39, 0.29) is 67.0 Å². The third-order valence-electron chi connectivity index (χ3n) is 0. The average Bonchev–Trinajstić information content (AvgIpc) is 0. The topological polar surface area (TPSA) is 0 Å². The van der Waals surface area contributed by atoms with E-state index in [4.69, 9.17) is 0 Å². The molecule has 0 aliphatic rings. The summed E-state index contributed by atoms with van der Waals surface area (Å²) in [6.45, 7) is 0. The summed E-state index contributed by atoms with van der Waals surface area (Å²) in [5, 5.41) is 0. The first-order valence-electron chi connectivity index (χ1n) is 0. The van der Waals surface area contributed by atoms with E-state index in [1.165, 1.54) is 0 Å². The number of hydrogen-bond donors (Lipinski definition) is 0. The van der Waals surface area contributed by atoms with Crippen molar-refractivity contribution in [2.45, 2.75) is 14.9 Å². The first kappa shape index (κ1) is 87.2. The minimum Gasteiger partial charge on any atom is -1.00 e. The van der Waals surface area contributed by atoms with Crippen molar-refractivity contribution in [1.82, 2.24) is 0 Å². The van der Waals surface area contributed by atoms with Crippen molar-refractivity contribution in [2.24, 2.45) is 0 Å². The minimum absolute atomic E-state index is 0. The van der Waals surface area contributed by atoms with E-state index >= 15 is 0 Å². The van der Waals surface area contributed by atoms with E-state index in [1.807, 2.05) is 0 Å². The van der Waals surface area contributed by atoms with Crippen LogP contribution in [0.1, 0.15) is 14.9 Å². The molecule has 0 aromatic rings. The molecule has 0 amide bonds. The molecule has 0 rings (SSSR count). The zero-order chi connectivity index (χ0) is 0. The monoisotopic (exact) mass is 310 g/mol. The SMILES string of the molecule is C.C.[Cl-].[Cl-].[Pb+2]. The Labute approximate surface area is 66.7 Å². The zero-order valence-corrected chi connectivity index (χ0v) is 6.66. The van der Waals surface area contributed by atoms with Gasteiger partial charge in [0, 0.05) is 0 Å². The number of rotatable bonds is 0. The summed E-state index contributed by atoms with van der Waals surface area (Å²) >= 11 is 0. The molecule has 0 atom stereocenters. The first-order chi connectivity index (χ1) is 0. The second kappa shape index (κ2) is 49.4. The first-order valence-corrected chi connectivity index (χ1v) is 0. The van der Waals surface area contributed by atoms with E-state index in [0.29, 0.717) is 0 Å². The molecule has 0 N–H and O–H groups in total. The molecule has 2 radical (unpaired) electrons. The van der Waals surface area contributed by atoms with Crippen LogP contribution >= 0.6 is 0 Å². The van der Waals surface area contributed by atoms with Gasteiger partial charge in [-0.3, -0.25) is 0 Å². The molecule has 0 fully saturated rings. The second-order valence-electron chi connectivity index (χ2n) is 0. The third kappa shape index (κ3) is 29.9. The molecule has 0 unspecified atom stereocenters. The molecular formula is C2H8Cl2Pb. The van der Waals surface area contributed by atoms with Gasteiger partial charge in [0.25, 0.3) is 0 Å². The van der Waals surface area contributed by atoms with Crippen molar-refractivity contribution in [3.8, 4) is 0 Å². The van der Waals surface area contributed by atoms with Crippen LogP contribution in [0.3, 0.4) is 0 Å². The van der Waals surface area contributed by atoms with E-state index in [1.54, 1.807) is 0 Å². The quantitative estimate of drug-likeness (QED) is 0.393. The van der Waals surface area contributed by atoms with Gasteiger partial charge >= 0.3 is 27.3 Å². The Morgan fingerprint density at radius 2 is 0.600 bits per heavy atom. The molecule has 0 spiro atoms. The van der Waals surface area contributed by atoms with Crippen LogP contribution < -0.4 is 24.8 Å². The van der Waals surface area contributed by atoms with Crippen molar-refractivity contribution in [3.05, 3.63) is 0 Å². The Morgan fingerprint density at radius 3 is 0.600 bits per heavy atom. The van der Waals surface area contributed by atoms with Crippen LogP contribution in [0.2, 0.25) is 0 Å². The molecule has 0 bridgehead atoms. The summed E-state index contributed by atoms with van der Waals surface area (Å²) < 4.78 is 0. The van der Waals surface area contributed by atoms with E-state index in [0.717, 1.165) is 0 Å². The van der Waals surface area contributed by atoms with E-state index < -0.39 is 0 Å². The van der Waals surface area contributed by atoms with Gasteiger partial charge in [0.2, 0.25) is 0 Å². The van der Waals surface area contributed by atoms with E-state index in [9.17, 15) is 0 Å². The fourth-order valence-corrected chi connectivity index (χ4v) is 0. The molecule has 0 aliphatic carbocycles. The summed E-state index contributed by atoms with van der Waals surface area (Å²) in [5.74, 6) is 0. The normalized spacial score (nSPS) is 0. The van der Waals surface area contributed by atoms with Crippen molar-refractivity contribution in [1.29, 1.82) is 0 Å². The molecule has 0 saturated heterocycles. The molecule has 0 heterocycles. The molecule has 0 nitrogen and oxygen atoms in total. The van der Waals surface area contributed by atoms with Crippen LogP contribution in [-0.2, 0) is 0 Å². The van der Waals surface area contributed by atoms with Gasteiger partial charge in [0.15, 0.2) is 0 Å². The minimum atomic E-state index is 0. The molecule has 0 aromatic heterocycles. The van der Waals surface area contributed by atoms with Gasteiger partial charge in [-0.05, 0) is 0 Å². The second-order valence-corrected chi connectivity index (χ2v) is 0. The predicted molar refractivity (Wildman–Crippen MR) is 19.2 cm³/mol. The van der Waals surface area contributed by atoms with Crippen molar-refractivity contribution < 1.29 is 24.8 Å². The van der Waals surface area contributed by atoms with Gasteiger partial charge < -0.3 is 24.8 Å². The van der Waals surface area contributed by atoms with Gasteiger partial charge in [-0.1, -0.05) is 14.9 Å². The summed E-state index contributed by atoms with van der Waals surface area (Å²) in [7, 11) is 0. The standard InChI is InChI=1S/2CH4.2ClH.Pb/h2*1H4;2*1H;/q;;;;+2/p-2. The third-order valence-corrected chi connectivity index (χ3v) is 0. The van der Waals surface area contributed by atoms with Crippen LogP contribution in [0.4, 0.5) is 0 Å². The summed E-state index contributed by atoms with van der Waals surface area (Å²) in [4.78, 5) is 0. The van der Waals surface area contributed by atoms with Crippen molar-refractivity contribution in [2.75, 3.05) is 0 Å².